The summed E-state index contributed by atoms with van der Waals surface area (Å²) in [7, 11) is 1.44. The lowest BCUT2D eigenvalue weighted by atomic mass is 9.90. The number of rotatable bonds is 10. The van der Waals surface area contributed by atoms with Gasteiger partial charge in [-0.05, 0) is 81.3 Å². The van der Waals surface area contributed by atoms with E-state index in [1.165, 1.54) is 31.0 Å². The zero-order chi connectivity index (χ0) is 37.6. The molecule has 1 fully saturated rings. The van der Waals surface area contributed by atoms with Crippen LogP contribution in [0.3, 0.4) is 0 Å². The number of hydrogen-bond acceptors (Lipinski definition) is 8. The third kappa shape index (κ3) is 9.13. The third-order valence-electron chi connectivity index (χ3n) is 9.15. The summed E-state index contributed by atoms with van der Waals surface area (Å²) in [4.78, 5) is 70.4. The fourth-order valence-corrected chi connectivity index (χ4v) is 6.18. The second kappa shape index (κ2) is 16.4. The molecule has 3 aromatic rings. The van der Waals surface area contributed by atoms with Crippen LogP contribution in [0.5, 0.6) is 0 Å². The van der Waals surface area contributed by atoms with Crippen LogP contribution >= 0.6 is 0 Å². The standard InChI is InChI=1S/C39H45FN4O8/c1-24(43(5)38(49)52-39(2,3)4)34(45)42-32(26-17-19-50-20-18-26)36(47)44-22-28-13-9-10-14-29(28)33(44)35(46)41-31-21-27(15-16-30(31)40)37(48)51-23-25-11-7-6-8-12-25/h6-16,21,24,26,32-33H,17-20,22-23H2,1-5H3,(H,41,46)(H,42,45)/t24-,32?,33-/m0/s1. The Morgan fingerprint density at radius 1 is 0.981 bits per heavy atom. The van der Waals surface area contributed by atoms with Gasteiger partial charge in [0.1, 0.15) is 36.2 Å². The summed E-state index contributed by atoms with van der Waals surface area (Å²) in [5, 5.41) is 5.46. The average molecular weight is 717 g/mol. The quantitative estimate of drug-likeness (QED) is 0.267. The van der Waals surface area contributed by atoms with E-state index < -0.39 is 59.3 Å². The first-order valence-corrected chi connectivity index (χ1v) is 17.3. The van der Waals surface area contributed by atoms with Crippen molar-refractivity contribution in [2.75, 3.05) is 25.6 Å². The van der Waals surface area contributed by atoms with Crippen molar-refractivity contribution in [2.45, 2.75) is 77.4 Å². The molecule has 12 nitrogen and oxygen atoms in total. The van der Waals surface area contributed by atoms with Crippen LogP contribution in [0.25, 0.3) is 0 Å². The minimum Gasteiger partial charge on any atom is -0.457 e. The van der Waals surface area contributed by atoms with E-state index in [9.17, 15) is 24.0 Å². The largest absolute Gasteiger partial charge is 0.457 e. The molecule has 0 saturated carbocycles. The van der Waals surface area contributed by atoms with E-state index in [2.05, 4.69) is 10.6 Å². The number of amides is 4. The summed E-state index contributed by atoms with van der Waals surface area (Å²) in [5.74, 6) is -3.61. The number of carbonyl (C=O) groups is 5. The van der Waals surface area contributed by atoms with E-state index in [0.717, 1.165) is 16.5 Å². The van der Waals surface area contributed by atoms with Gasteiger partial charge in [0.15, 0.2) is 0 Å². The zero-order valence-electron chi connectivity index (χ0n) is 30.0. The molecular weight excluding hydrogens is 671 g/mol. The number of nitrogens with one attached hydrogen (secondary N) is 2. The molecule has 276 valence electrons. The van der Waals surface area contributed by atoms with E-state index in [1.54, 1.807) is 57.2 Å². The number of nitrogens with zero attached hydrogens (tertiary/aromatic N) is 2. The Kier molecular flexibility index (Phi) is 11.9. The molecule has 2 heterocycles. The maximum Gasteiger partial charge on any atom is 0.410 e. The predicted octanol–water partition coefficient (Wildman–Crippen LogP) is 5.37. The van der Waals surface area contributed by atoms with Gasteiger partial charge in [0, 0.05) is 26.8 Å². The second-order valence-corrected chi connectivity index (χ2v) is 14.0. The van der Waals surface area contributed by atoms with Gasteiger partial charge in [0.25, 0.3) is 5.91 Å². The van der Waals surface area contributed by atoms with Gasteiger partial charge < -0.3 is 29.7 Å². The summed E-state index contributed by atoms with van der Waals surface area (Å²) >= 11 is 0. The van der Waals surface area contributed by atoms with Crippen molar-refractivity contribution in [3.05, 3.63) is 101 Å². The molecular formula is C39H45FN4O8. The van der Waals surface area contributed by atoms with E-state index in [-0.39, 0.29) is 30.3 Å². The van der Waals surface area contributed by atoms with Crippen molar-refractivity contribution in [1.29, 1.82) is 0 Å². The molecule has 1 unspecified atom stereocenters. The van der Waals surface area contributed by atoms with E-state index in [4.69, 9.17) is 14.2 Å². The fraction of sp³-hybridized carbons (Fsp3) is 0.410. The monoisotopic (exact) mass is 716 g/mol. The van der Waals surface area contributed by atoms with Gasteiger partial charge in [-0.25, -0.2) is 14.0 Å². The first-order chi connectivity index (χ1) is 24.7. The molecule has 3 atom stereocenters. The molecule has 1 saturated heterocycles. The molecule has 5 rings (SSSR count). The van der Waals surface area contributed by atoms with Crippen LogP contribution in [0, 0.1) is 11.7 Å². The highest BCUT2D eigenvalue weighted by Crippen LogP contribution is 2.36. The molecule has 13 heteroatoms. The van der Waals surface area contributed by atoms with Gasteiger partial charge in [0.2, 0.25) is 11.8 Å². The number of anilines is 1. The number of hydrogen-bond donors (Lipinski definition) is 2. The van der Waals surface area contributed by atoms with Gasteiger partial charge in [-0.3, -0.25) is 19.3 Å². The van der Waals surface area contributed by atoms with Crippen molar-refractivity contribution in [2.24, 2.45) is 5.92 Å². The number of ether oxygens (including phenoxy) is 3. The maximum absolute atomic E-state index is 15.1. The van der Waals surface area contributed by atoms with Gasteiger partial charge in [-0.15, -0.1) is 0 Å². The predicted molar refractivity (Wildman–Crippen MR) is 189 cm³/mol. The van der Waals surface area contributed by atoms with Gasteiger partial charge in [0.05, 0.1) is 11.3 Å². The molecule has 4 amide bonds. The number of carbonyl (C=O) groups excluding carboxylic acids is 5. The SMILES string of the molecule is C[C@@H](C(=O)NC(C(=O)N1Cc2ccccc2[C@H]1C(=O)Nc1cc(C(=O)OCc2ccccc2)ccc1F)C1CCOCC1)N(C)C(=O)OC(C)(C)C. The number of esters is 1. The third-order valence-corrected chi connectivity index (χ3v) is 9.15. The lowest BCUT2D eigenvalue weighted by Gasteiger charge is -2.36. The Balaban J connectivity index is 1.37. The van der Waals surface area contributed by atoms with Gasteiger partial charge >= 0.3 is 12.1 Å². The van der Waals surface area contributed by atoms with Crippen LogP contribution in [0.2, 0.25) is 0 Å². The molecule has 2 aliphatic heterocycles. The topological polar surface area (TPSA) is 144 Å². The van der Waals surface area contributed by atoms with Crippen LogP contribution in [0.1, 0.15) is 73.6 Å². The number of benzene rings is 3. The summed E-state index contributed by atoms with van der Waals surface area (Å²) in [5.41, 5.74) is 1.02. The Labute approximate surface area is 302 Å². The minimum absolute atomic E-state index is 0.00949. The maximum atomic E-state index is 15.1. The van der Waals surface area contributed by atoms with Gasteiger partial charge in [-0.1, -0.05) is 54.6 Å². The van der Waals surface area contributed by atoms with Crippen LogP contribution in [0.15, 0.2) is 72.8 Å². The summed E-state index contributed by atoms with van der Waals surface area (Å²) in [6.45, 7) is 7.52. The van der Waals surface area contributed by atoms with Crippen LogP contribution in [-0.2, 0) is 41.7 Å². The summed E-state index contributed by atoms with van der Waals surface area (Å²) in [6, 6.07) is 16.4. The number of fused-ring (bicyclic) bond motifs is 1. The zero-order valence-corrected chi connectivity index (χ0v) is 30.0. The van der Waals surface area contributed by atoms with Crippen molar-refractivity contribution in [3.8, 4) is 0 Å². The normalized spacial score (nSPS) is 17.0. The lowest BCUT2D eigenvalue weighted by molar-refractivity contribution is -0.144. The van der Waals surface area contributed by atoms with E-state index in [0.29, 0.717) is 37.2 Å². The Bertz CT molecular complexity index is 1790. The number of likely N-dealkylation sites (N-methyl/N-ethyl adjacent to an activating group) is 1. The first kappa shape index (κ1) is 37.9. The molecule has 0 radical (unpaired) electrons. The Morgan fingerprint density at radius 3 is 2.35 bits per heavy atom. The van der Waals surface area contributed by atoms with Gasteiger partial charge in [-0.2, -0.15) is 0 Å². The van der Waals surface area contributed by atoms with Crippen LogP contribution in [0.4, 0.5) is 14.9 Å². The smallest absolute Gasteiger partial charge is 0.410 e. The molecule has 0 aliphatic carbocycles. The molecule has 52 heavy (non-hydrogen) atoms. The average Bonchev–Trinajstić information content (AvgIpc) is 3.53. The molecule has 2 N–H and O–H groups in total. The van der Waals surface area contributed by atoms with Crippen molar-refractivity contribution >= 4 is 35.5 Å². The Morgan fingerprint density at radius 2 is 1.65 bits per heavy atom. The van der Waals surface area contributed by atoms with Crippen molar-refractivity contribution < 1.29 is 42.6 Å². The highest BCUT2D eigenvalue weighted by molar-refractivity contribution is 6.01. The highest BCUT2D eigenvalue weighted by atomic mass is 19.1. The molecule has 0 spiro atoms. The number of halogens is 1. The summed E-state index contributed by atoms with van der Waals surface area (Å²) < 4.78 is 31.5. The van der Waals surface area contributed by atoms with Crippen LogP contribution in [-0.4, -0.2) is 77.5 Å². The molecule has 2 aliphatic rings. The lowest BCUT2D eigenvalue weighted by Crippen LogP contribution is -2.57. The molecule has 3 aromatic carbocycles. The minimum atomic E-state index is -1.18. The molecule has 0 aromatic heterocycles. The Hall–Kier alpha value is -5.30. The second-order valence-electron chi connectivity index (χ2n) is 14.0. The fourth-order valence-electron chi connectivity index (χ4n) is 6.18. The summed E-state index contributed by atoms with van der Waals surface area (Å²) in [6.07, 6.45) is 0.253. The van der Waals surface area contributed by atoms with E-state index >= 15 is 4.39 Å². The molecule has 0 bridgehead atoms. The first-order valence-electron chi connectivity index (χ1n) is 17.3. The van der Waals surface area contributed by atoms with Crippen molar-refractivity contribution in [3.63, 3.8) is 0 Å². The van der Waals surface area contributed by atoms with Crippen molar-refractivity contribution in [1.82, 2.24) is 15.1 Å². The van der Waals surface area contributed by atoms with E-state index in [1.807, 2.05) is 18.2 Å². The highest BCUT2D eigenvalue weighted by Gasteiger charge is 2.44. The van der Waals surface area contributed by atoms with Crippen LogP contribution < -0.4 is 10.6 Å².